The summed E-state index contributed by atoms with van der Waals surface area (Å²) in [5.74, 6) is -0.778. The normalized spacial score (nSPS) is 15.5. The van der Waals surface area contributed by atoms with E-state index in [0.717, 1.165) is 15.4 Å². The second-order valence-corrected chi connectivity index (χ2v) is 9.96. The third kappa shape index (κ3) is 5.24. The molecular formula is C24H22ClN3O4S. The van der Waals surface area contributed by atoms with Crippen LogP contribution in [0.5, 0.6) is 0 Å². The second-order valence-electron chi connectivity index (χ2n) is 7.59. The fourth-order valence-electron chi connectivity index (χ4n) is 3.64. The molecule has 0 spiro atoms. The molecule has 1 heterocycles. The van der Waals surface area contributed by atoms with Crippen molar-refractivity contribution >= 4 is 33.4 Å². The number of amides is 2. The van der Waals surface area contributed by atoms with E-state index in [1.54, 1.807) is 18.2 Å². The van der Waals surface area contributed by atoms with Crippen molar-refractivity contribution in [3.05, 3.63) is 101 Å². The van der Waals surface area contributed by atoms with Crippen LogP contribution in [0.25, 0.3) is 0 Å². The Labute approximate surface area is 197 Å². The smallest absolute Gasteiger partial charge is 0.252 e. The molecule has 0 bridgehead atoms. The Hall–Kier alpha value is -3.20. The lowest BCUT2D eigenvalue weighted by molar-refractivity contribution is -0.122. The van der Waals surface area contributed by atoms with Crippen molar-refractivity contribution in [3.63, 3.8) is 0 Å². The van der Waals surface area contributed by atoms with E-state index in [2.05, 4.69) is 10.6 Å². The number of rotatable bonds is 6. The van der Waals surface area contributed by atoms with Gasteiger partial charge in [0.25, 0.3) is 5.91 Å². The highest BCUT2D eigenvalue weighted by Crippen LogP contribution is 2.25. The van der Waals surface area contributed by atoms with Crippen molar-refractivity contribution in [1.82, 2.24) is 14.9 Å². The van der Waals surface area contributed by atoms with E-state index in [4.69, 9.17) is 11.6 Å². The Bertz CT molecular complexity index is 1260. The lowest BCUT2D eigenvalue weighted by Crippen LogP contribution is -2.49. The first kappa shape index (κ1) is 23.0. The summed E-state index contributed by atoms with van der Waals surface area (Å²) >= 11 is 6.02. The number of hydrogen-bond acceptors (Lipinski definition) is 4. The average Bonchev–Trinajstić information content (AvgIpc) is 2.84. The van der Waals surface area contributed by atoms with Crippen LogP contribution in [0.4, 0.5) is 0 Å². The average molecular weight is 484 g/mol. The molecule has 9 heteroatoms. The predicted molar refractivity (Wildman–Crippen MR) is 125 cm³/mol. The number of benzene rings is 3. The molecule has 4 rings (SSSR count). The van der Waals surface area contributed by atoms with E-state index in [9.17, 15) is 18.0 Å². The fraction of sp³-hybridized carbons (Fsp3) is 0.167. The lowest BCUT2D eigenvalue weighted by Gasteiger charge is -2.26. The summed E-state index contributed by atoms with van der Waals surface area (Å²) in [6.45, 7) is 0.181. The van der Waals surface area contributed by atoms with E-state index in [-0.39, 0.29) is 36.0 Å². The van der Waals surface area contributed by atoms with E-state index in [0.29, 0.717) is 5.02 Å². The maximum atomic E-state index is 13.2. The van der Waals surface area contributed by atoms with Gasteiger partial charge in [-0.3, -0.25) is 9.59 Å². The Morgan fingerprint density at radius 1 is 0.970 bits per heavy atom. The van der Waals surface area contributed by atoms with Crippen LogP contribution in [0.15, 0.2) is 83.8 Å². The summed E-state index contributed by atoms with van der Waals surface area (Å²) in [6.07, 6.45) is 0. The first-order chi connectivity index (χ1) is 15.8. The van der Waals surface area contributed by atoms with E-state index in [1.165, 1.54) is 18.2 Å². The van der Waals surface area contributed by atoms with E-state index < -0.39 is 22.0 Å². The molecule has 33 heavy (non-hydrogen) atoms. The molecule has 0 radical (unpaired) electrons. The molecule has 3 aromatic rings. The molecule has 1 atom stereocenters. The van der Waals surface area contributed by atoms with Crippen LogP contribution in [0.2, 0.25) is 5.02 Å². The number of hydrogen-bond donors (Lipinski definition) is 2. The van der Waals surface area contributed by atoms with Gasteiger partial charge in [0.1, 0.15) is 0 Å². The molecule has 0 aromatic heterocycles. The molecular weight excluding hydrogens is 462 g/mol. The third-order valence-corrected chi connectivity index (χ3v) is 7.44. The summed E-state index contributed by atoms with van der Waals surface area (Å²) in [5, 5.41) is 6.18. The summed E-state index contributed by atoms with van der Waals surface area (Å²) in [7, 11) is -3.91. The standard InChI is InChI=1S/C24H22ClN3O4S/c25-20-11-9-18(10-12-20)23(17-5-2-1-3-6-17)27-24(30)19-7-4-8-21(15-19)33(31,32)28-14-13-26-22(29)16-28/h1-12,15,23H,13-14,16H2,(H,26,29)(H,27,30)/t23-/m1/s1. The van der Waals surface area contributed by atoms with Crippen LogP contribution in [0.1, 0.15) is 27.5 Å². The van der Waals surface area contributed by atoms with E-state index >= 15 is 0 Å². The topological polar surface area (TPSA) is 95.6 Å². The lowest BCUT2D eigenvalue weighted by atomic mass is 9.98. The van der Waals surface area contributed by atoms with Gasteiger partial charge < -0.3 is 10.6 Å². The van der Waals surface area contributed by atoms with Gasteiger partial charge in [0.15, 0.2) is 0 Å². The van der Waals surface area contributed by atoms with Gasteiger partial charge >= 0.3 is 0 Å². The Morgan fingerprint density at radius 2 is 1.67 bits per heavy atom. The minimum atomic E-state index is -3.91. The number of nitrogens with zero attached hydrogens (tertiary/aromatic N) is 1. The number of halogens is 1. The number of piperazine rings is 1. The molecule has 1 aliphatic heterocycles. The van der Waals surface area contributed by atoms with Crippen molar-refractivity contribution in [2.45, 2.75) is 10.9 Å². The van der Waals surface area contributed by atoms with Crippen LogP contribution in [0.3, 0.4) is 0 Å². The molecule has 2 amide bonds. The minimum Gasteiger partial charge on any atom is -0.354 e. The molecule has 0 aliphatic carbocycles. The SMILES string of the molecule is O=C1CN(S(=O)(=O)c2cccc(C(=O)N[C@H](c3ccccc3)c3ccc(Cl)cc3)c2)CCN1. The molecule has 1 fully saturated rings. The van der Waals surface area contributed by atoms with Crippen molar-refractivity contribution in [2.75, 3.05) is 19.6 Å². The van der Waals surface area contributed by atoms with Gasteiger partial charge in [-0.25, -0.2) is 8.42 Å². The zero-order valence-corrected chi connectivity index (χ0v) is 19.1. The van der Waals surface area contributed by atoms with Gasteiger partial charge in [-0.05, 0) is 41.5 Å². The first-order valence-corrected chi connectivity index (χ1v) is 12.1. The monoisotopic (exact) mass is 483 g/mol. The highest BCUT2D eigenvalue weighted by Gasteiger charge is 2.29. The molecule has 1 saturated heterocycles. The molecule has 3 aromatic carbocycles. The third-order valence-electron chi connectivity index (χ3n) is 5.35. The maximum Gasteiger partial charge on any atom is 0.252 e. The van der Waals surface area contributed by atoms with Gasteiger partial charge in [-0.15, -0.1) is 0 Å². The van der Waals surface area contributed by atoms with Crippen LogP contribution >= 0.6 is 11.6 Å². The van der Waals surface area contributed by atoms with Crippen molar-refractivity contribution in [2.24, 2.45) is 0 Å². The summed E-state index contributed by atoms with van der Waals surface area (Å²) < 4.78 is 27.1. The highest BCUT2D eigenvalue weighted by atomic mass is 35.5. The zero-order valence-electron chi connectivity index (χ0n) is 17.6. The van der Waals surface area contributed by atoms with Crippen LogP contribution in [-0.2, 0) is 14.8 Å². The highest BCUT2D eigenvalue weighted by molar-refractivity contribution is 7.89. The molecule has 2 N–H and O–H groups in total. The number of carbonyl (C=O) groups excluding carboxylic acids is 2. The maximum absolute atomic E-state index is 13.2. The fourth-order valence-corrected chi connectivity index (χ4v) is 5.21. The van der Waals surface area contributed by atoms with Crippen LogP contribution < -0.4 is 10.6 Å². The number of carbonyl (C=O) groups is 2. The van der Waals surface area contributed by atoms with E-state index in [1.807, 2.05) is 42.5 Å². The van der Waals surface area contributed by atoms with Crippen LogP contribution in [0, 0.1) is 0 Å². The Kier molecular flexibility index (Phi) is 6.78. The number of sulfonamides is 1. The van der Waals surface area contributed by atoms with Gasteiger partial charge in [0.05, 0.1) is 17.5 Å². The Morgan fingerprint density at radius 3 is 2.36 bits per heavy atom. The molecule has 0 saturated carbocycles. The summed E-state index contributed by atoms with van der Waals surface area (Å²) in [6, 6.07) is 22.0. The first-order valence-electron chi connectivity index (χ1n) is 10.3. The largest absolute Gasteiger partial charge is 0.354 e. The molecule has 0 unspecified atom stereocenters. The van der Waals surface area contributed by atoms with Gasteiger partial charge in [-0.1, -0.05) is 60.1 Å². The van der Waals surface area contributed by atoms with Gasteiger partial charge in [-0.2, -0.15) is 4.31 Å². The molecule has 1 aliphatic rings. The predicted octanol–water partition coefficient (Wildman–Crippen LogP) is 2.98. The van der Waals surface area contributed by atoms with Crippen LogP contribution in [-0.4, -0.2) is 44.2 Å². The van der Waals surface area contributed by atoms with Crippen molar-refractivity contribution < 1.29 is 18.0 Å². The van der Waals surface area contributed by atoms with Gasteiger partial charge in [0.2, 0.25) is 15.9 Å². The Balaban J connectivity index is 1.62. The summed E-state index contributed by atoms with van der Waals surface area (Å²) in [5.41, 5.74) is 1.91. The minimum absolute atomic E-state index is 0.0346. The molecule has 7 nitrogen and oxygen atoms in total. The summed E-state index contributed by atoms with van der Waals surface area (Å²) in [4.78, 5) is 24.8. The molecule has 170 valence electrons. The number of nitrogens with one attached hydrogen (secondary N) is 2. The van der Waals surface area contributed by atoms with Gasteiger partial charge in [0, 0.05) is 23.7 Å². The second kappa shape index (κ2) is 9.74. The zero-order chi connectivity index (χ0) is 23.4. The van der Waals surface area contributed by atoms with Crippen molar-refractivity contribution in [1.29, 1.82) is 0 Å². The quantitative estimate of drug-likeness (QED) is 0.563. The van der Waals surface area contributed by atoms with Crippen molar-refractivity contribution in [3.8, 4) is 0 Å².